The number of methoxy groups -OCH3 is 1. The minimum absolute atomic E-state index is 0.277. The van der Waals surface area contributed by atoms with E-state index in [1.807, 2.05) is 20.0 Å². The second-order valence-corrected chi connectivity index (χ2v) is 6.34. The molecule has 1 unspecified atom stereocenters. The van der Waals surface area contributed by atoms with E-state index in [1.165, 1.54) is 12.8 Å². The van der Waals surface area contributed by atoms with Crippen LogP contribution in [0, 0.1) is 25.7 Å². The number of aromatic nitrogens is 1. The molecule has 0 amide bonds. The number of aryl methyl sites for hydroxylation is 1. The zero-order valence-electron chi connectivity index (χ0n) is 13.1. The highest BCUT2D eigenvalue weighted by Gasteiger charge is 2.25. The number of pyridine rings is 1. The van der Waals surface area contributed by atoms with Gasteiger partial charge in [0.15, 0.2) is 0 Å². The van der Waals surface area contributed by atoms with Gasteiger partial charge < -0.3 is 9.84 Å². The highest BCUT2D eigenvalue weighted by atomic mass is 16.5. The van der Waals surface area contributed by atoms with Crippen LogP contribution in [0.25, 0.3) is 0 Å². The summed E-state index contributed by atoms with van der Waals surface area (Å²) in [6.45, 7) is 6.34. The van der Waals surface area contributed by atoms with Crippen LogP contribution in [-0.2, 0) is 6.42 Å². The number of nitrogens with zero attached hydrogens (tertiary/aromatic N) is 1. The summed E-state index contributed by atoms with van der Waals surface area (Å²) in [5.74, 6) is 2.15. The van der Waals surface area contributed by atoms with E-state index in [2.05, 4.69) is 11.9 Å². The van der Waals surface area contributed by atoms with Crippen LogP contribution in [0.3, 0.4) is 0 Å². The molecule has 0 aromatic carbocycles. The number of ether oxygens (including phenoxy) is 1. The summed E-state index contributed by atoms with van der Waals surface area (Å²) in [5, 5.41) is 10.5. The Morgan fingerprint density at radius 1 is 1.30 bits per heavy atom. The van der Waals surface area contributed by atoms with Gasteiger partial charge in [0.25, 0.3) is 0 Å². The maximum atomic E-state index is 10.5. The molecule has 3 heteroatoms. The van der Waals surface area contributed by atoms with Crippen molar-refractivity contribution in [2.45, 2.75) is 59.0 Å². The molecule has 1 aromatic rings. The van der Waals surface area contributed by atoms with Gasteiger partial charge >= 0.3 is 0 Å². The molecule has 1 atom stereocenters. The van der Waals surface area contributed by atoms with Crippen LogP contribution in [0.4, 0.5) is 0 Å². The molecule has 0 spiro atoms. The largest absolute Gasteiger partial charge is 0.496 e. The van der Waals surface area contributed by atoms with E-state index >= 15 is 0 Å². The van der Waals surface area contributed by atoms with Crippen LogP contribution in [-0.4, -0.2) is 23.3 Å². The van der Waals surface area contributed by atoms with Crippen LogP contribution < -0.4 is 4.74 Å². The van der Waals surface area contributed by atoms with Crippen molar-refractivity contribution in [2.75, 3.05) is 7.11 Å². The van der Waals surface area contributed by atoms with Gasteiger partial charge in [-0.25, -0.2) is 0 Å². The molecule has 1 fully saturated rings. The van der Waals surface area contributed by atoms with Gasteiger partial charge in [-0.1, -0.05) is 19.8 Å². The van der Waals surface area contributed by atoms with Gasteiger partial charge in [-0.05, 0) is 38.5 Å². The third-order valence-electron chi connectivity index (χ3n) is 4.76. The fourth-order valence-electron chi connectivity index (χ4n) is 3.31. The van der Waals surface area contributed by atoms with E-state index in [-0.39, 0.29) is 6.10 Å². The lowest BCUT2D eigenvalue weighted by atomic mass is 9.79. The minimum Gasteiger partial charge on any atom is -0.496 e. The predicted octanol–water partition coefficient (Wildman–Crippen LogP) is 3.44. The van der Waals surface area contributed by atoms with E-state index in [0.29, 0.717) is 12.3 Å². The molecular formula is C17H27NO2. The SMILES string of the molecule is COc1c(C)cnc(CC(O)C2CCC(C)CC2)c1C. The van der Waals surface area contributed by atoms with Crippen LogP contribution in [0.2, 0.25) is 0 Å². The Morgan fingerprint density at radius 3 is 2.55 bits per heavy atom. The Kier molecular flexibility index (Phi) is 5.03. The second kappa shape index (κ2) is 6.57. The van der Waals surface area contributed by atoms with Gasteiger partial charge in [0.05, 0.1) is 13.2 Å². The zero-order chi connectivity index (χ0) is 14.7. The number of hydrogen-bond acceptors (Lipinski definition) is 3. The molecule has 2 rings (SSSR count). The van der Waals surface area contributed by atoms with Crippen molar-refractivity contribution in [3.8, 4) is 5.75 Å². The molecule has 1 heterocycles. The molecule has 0 radical (unpaired) electrons. The van der Waals surface area contributed by atoms with Crippen molar-refractivity contribution in [3.05, 3.63) is 23.0 Å². The maximum Gasteiger partial charge on any atom is 0.128 e. The van der Waals surface area contributed by atoms with Crippen LogP contribution >= 0.6 is 0 Å². The summed E-state index contributed by atoms with van der Waals surface area (Å²) >= 11 is 0. The fraction of sp³-hybridized carbons (Fsp3) is 0.706. The first-order valence-corrected chi connectivity index (χ1v) is 7.70. The Hall–Kier alpha value is -1.09. The average Bonchev–Trinajstić information content (AvgIpc) is 2.43. The summed E-state index contributed by atoms with van der Waals surface area (Å²) in [6, 6.07) is 0. The van der Waals surface area contributed by atoms with E-state index in [1.54, 1.807) is 7.11 Å². The highest BCUT2D eigenvalue weighted by Crippen LogP contribution is 2.32. The van der Waals surface area contributed by atoms with E-state index < -0.39 is 0 Å². The third kappa shape index (κ3) is 3.32. The van der Waals surface area contributed by atoms with E-state index in [9.17, 15) is 5.11 Å². The van der Waals surface area contributed by atoms with E-state index in [4.69, 9.17) is 4.74 Å². The van der Waals surface area contributed by atoms with Gasteiger partial charge in [-0.3, -0.25) is 4.98 Å². The van der Waals surface area contributed by atoms with Crippen molar-refractivity contribution >= 4 is 0 Å². The number of hydrogen-bond donors (Lipinski definition) is 1. The van der Waals surface area contributed by atoms with E-state index in [0.717, 1.165) is 41.3 Å². The highest BCUT2D eigenvalue weighted by molar-refractivity contribution is 5.41. The number of aliphatic hydroxyl groups is 1. The van der Waals surface area contributed by atoms with Crippen LogP contribution in [0.15, 0.2) is 6.20 Å². The quantitative estimate of drug-likeness (QED) is 0.916. The molecule has 1 aromatic heterocycles. The van der Waals surface area contributed by atoms with Crippen molar-refractivity contribution in [1.82, 2.24) is 4.98 Å². The molecule has 1 aliphatic rings. The molecule has 0 bridgehead atoms. The molecule has 1 N–H and O–H groups in total. The molecular weight excluding hydrogens is 250 g/mol. The predicted molar refractivity (Wildman–Crippen MR) is 81.1 cm³/mol. The molecule has 3 nitrogen and oxygen atoms in total. The van der Waals surface area contributed by atoms with Crippen molar-refractivity contribution in [3.63, 3.8) is 0 Å². The van der Waals surface area contributed by atoms with Crippen molar-refractivity contribution < 1.29 is 9.84 Å². The molecule has 112 valence electrons. The summed E-state index contributed by atoms with van der Waals surface area (Å²) < 4.78 is 5.44. The summed E-state index contributed by atoms with van der Waals surface area (Å²) in [5.41, 5.74) is 3.09. The smallest absolute Gasteiger partial charge is 0.128 e. The fourth-order valence-corrected chi connectivity index (χ4v) is 3.31. The van der Waals surface area contributed by atoms with Crippen LogP contribution in [0.5, 0.6) is 5.75 Å². The molecule has 0 aliphatic heterocycles. The van der Waals surface area contributed by atoms with Crippen molar-refractivity contribution in [2.24, 2.45) is 11.8 Å². The lowest BCUT2D eigenvalue weighted by molar-refractivity contribution is 0.0751. The standard InChI is InChI=1S/C17H27NO2/c1-11-5-7-14(8-6-11)16(19)9-15-13(3)17(20-4)12(2)10-18-15/h10-11,14,16,19H,5-9H2,1-4H3. The molecule has 1 saturated carbocycles. The van der Waals surface area contributed by atoms with Gasteiger partial charge in [0, 0.05) is 29.4 Å². The first-order valence-electron chi connectivity index (χ1n) is 7.70. The maximum absolute atomic E-state index is 10.5. The third-order valence-corrected chi connectivity index (χ3v) is 4.76. The number of aliphatic hydroxyl groups excluding tert-OH is 1. The Balaban J connectivity index is 2.06. The van der Waals surface area contributed by atoms with Gasteiger partial charge in [-0.2, -0.15) is 0 Å². The molecule has 20 heavy (non-hydrogen) atoms. The van der Waals surface area contributed by atoms with Gasteiger partial charge in [-0.15, -0.1) is 0 Å². The van der Waals surface area contributed by atoms with Crippen LogP contribution in [0.1, 0.15) is 49.4 Å². The summed E-state index contributed by atoms with van der Waals surface area (Å²) in [7, 11) is 1.69. The topological polar surface area (TPSA) is 42.4 Å². The van der Waals surface area contributed by atoms with Gasteiger partial charge in [0.1, 0.15) is 5.75 Å². The average molecular weight is 277 g/mol. The first kappa shape index (κ1) is 15.3. The molecule has 1 aliphatic carbocycles. The monoisotopic (exact) mass is 277 g/mol. The Morgan fingerprint density at radius 2 is 1.95 bits per heavy atom. The first-order chi connectivity index (χ1) is 9.52. The Bertz CT molecular complexity index is 451. The summed E-state index contributed by atoms with van der Waals surface area (Å²) in [6.07, 6.45) is 6.98. The minimum atomic E-state index is -0.277. The lowest BCUT2D eigenvalue weighted by Gasteiger charge is -2.30. The lowest BCUT2D eigenvalue weighted by Crippen LogP contribution is -2.27. The van der Waals surface area contributed by atoms with Crippen molar-refractivity contribution in [1.29, 1.82) is 0 Å². The van der Waals surface area contributed by atoms with Gasteiger partial charge in [0.2, 0.25) is 0 Å². The Labute approximate surface area is 122 Å². The summed E-state index contributed by atoms with van der Waals surface area (Å²) in [4.78, 5) is 4.50. The second-order valence-electron chi connectivity index (χ2n) is 6.34. The molecule has 0 saturated heterocycles. The number of rotatable bonds is 4. The zero-order valence-corrected chi connectivity index (χ0v) is 13.1. The normalized spacial score (nSPS) is 24.4.